The predicted molar refractivity (Wildman–Crippen MR) is 64.5 cm³/mol. The maximum absolute atomic E-state index is 11.9. The number of nitrogens with zero attached hydrogens (tertiary/aromatic N) is 2. The molecular weight excluding hydrogens is 200 g/mol. The third kappa shape index (κ3) is 2.83. The van der Waals surface area contributed by atoms with Crippen molar-refractivity contribution in [3.05, 3.63) is 29.8 Å². The molecule has 0 radical (unpaired) electrons. The van der Waals surface area contributed by atoms with Crippen LogP contribution in [0.5, 0.6) is 0 Å². The quantitative estimate of drug-likeness (QED) is 0.726. The number of carbonyl (C=O) groups excluding carboxylic acids is 1. The fourth-order valence-corrected chi connectivity index (χ4v) is 1.44. The summed E-state index contributed by atoms with van der Waals surface area (Å²) < 4.78 is 0. The Balaban J connectivity index is 2.82. The van der Waals surface area contributed by atoms with Gasteiger partial charge >= 0.3 is 0 Å². The fraction of sp³-hybridized carbons (Fsp3) is 0.385. The molecule has 16 heavy (non-hydrogen) atoms. The van der Waals surface area contributed by atoms with Crippen LogP contribution in [0.25, 0.3) is 0 Å². The zero-order valence-electron chi connectivity index (χ0n) is 9.90. The summed E-state index contributed by atoms with van der Waals surface area (Å²) in [5.41, 5.74) is 1.73. The van der Waals surface area contributed by atoms with Crippen molar-refractivity contribution >= 4 is 11.5 Å². The Morgan fingerprint density at radius 3 is 2.38 bits per heavy atom. The standard InChI is InChI=1S/C13H16N2O/c1-10(8-9-14)13(16)11-4-6-12(7-5-11)15(2)3/h4-7,10H,8H2,1-3H3. The van der Waals surface area contributed by atoms with Gasteiger partial charge in [-0.15, -0.1) is 0 Å². The van der Waals surface area contributed by atoms with E-state index in [9.17, 15) is 4.79 Å². The molecule has 0 aliphatic rings. The van der Waals surface area contributed by atoms with Crippen molar-refractivity contribution in [2.24, 2.45) is 5.92 Å². The molecule has 3 heteroatoms. The van der Waals surface area contributed by atoms with E-state index in [0.29, 0.717) is 5.56 Å². The molecule has 0 N–H and O–H groups in total. The highest BCUT2D eigenvalue weighted by molar-refractivity contribution is 5.98. The van der Waals surface area contributed by atoms with E-state index in [1.807, 2.05) is 49.3 Å². The molecule has 0 aromatic heterocycles. The first-order valence-corrected chi connectivity index (χ1v) is 5.24. The molecular formula is C13H16N2O. The van der Waals surface area contributed by atoms with Crippen LogP contribution in [0.2, 0.25) is 0 Å². The Labute approximate surface area is 96.3 Å². The van der Waals surface area contributed by atoms with Gasteiger partial charge < -0.3 is 4.90 Å². The molecule has 1 atom stereocenters. The Morgan fingerprint density at radius 1 is 1.38 bits per heavy atom. The van der Waals surface area contributed by atoms with Crippen molar-refractivity contribution in [1.29, 1.82) is 5.26 Å². The first-order valence-electron chi connectivity index (χ1n) is 5.24. The Morgan fingerprint density at radius 2 is 1.94 bits per heavy atom. The molecule has 1 aromatic carbocycles. The molecule has 0 saturated heterocycles. The van der Waals surface area contributed by atoms with Crippen LogP contribution in [-0.2, 0) is 0 Å². The summed E-state index contributed by atoms with van der Waals surface area (Å²) in [4.78, 5) is 13.8. The van der Waals surface area contributed by atoms with Crippen molar-refractivity contribution in [3.63, 3.8) is 0 Å². The summed E-state index contributed by atoms with van der Waals surface area (Å²) in [7, 11) is 3.91. The number of hydrogen-bond donors (Lipinski definition) is 0. The first kappa shape index (κ1) is 12.3. The summed E-state index contributed by atoms with van der Waals surface area (Å²) in [6, 6.07) is 9.46. The van der Waals surface area contributed by atoms with E-state index in [1.165, 1.54) is 0 Å². The lowest BCUT2D eigenvalue weighted by molar-refractivity contribution is 0.0932. The van der Waals surface area contributed by atoms with Crippen molar-refractivity contribution in [3.8, 4) is 6.07 Å². The largest absolute Gasteiger partial charge is 0.378 e. The van der Waals surface area contributed by atoms with Gasteiger partial charge in [0.1, 0.15) is 0 Å². The van der Waals surface area contributed by atoms with Gasteiger partial charge in [0.2, 0.25) is 0 Å². The zero-order chi connectivity index (χ0) is 12.1. The average molecular weight is 216 g/mol. The van der Waals surface area contributed by atoms with Crippen LogP contribution in [0.4, 0.5) is 5.69 Å². The number of hydrogen-bond acceptors (Lipinski definition) is 3. The molecule has 0 aliphatic carbocycles. The summed E-state index contributed by atoms with van der Waals surface area (Å²) in [6.45, 7) is 1.78. The Bertz CT molecular complexity index is 401. The van der Waals surface area contributed by atoms with Crippen LogP contribution < -0.4 is 4.90 Å². The lowest BCUT2D eigenvalue weighted by Gasteiger charge is -2.13. The van der Waals surface area contributed by atoms with E-state index in [-0.39, 0.29) is 18.1 Å². The van der Waals surface area contributed by atoms with E-state index in [0.717, 1.165) is 5.69 Å². The highest BCUT2D eigenvalue weighted by atomic mass is 16.1. The number of benzene rings is 1. The molecule has 0 saturated carbocycles. The maximum atomic E-state index is 11.9. The van der Waals surface area contributed by atoms with Crippen LogP contribution in [0, 0.1) is 17.2 Å². The van der Waals surface area contributed by atoms with Crippen LogP contribution in [0.3, 0.4) is 0 Å². The number of nitriles is 1. The van der Waals surface area contributed by atoms with Gasteiger partial charge in [-0.3, -0.25) is 4.79 Å². The summed E-state index contributed by atoms with van der Waals surface area (Å²) >= 11 is 0. The topological polar surface area (TPSA) is 44.1 Å². The Hall–Kier alpha value is -1.82. The van der Waals surface area contributed by atoms with Gasteiger partial charge in [0, 0.05) is 37.7 Å². The molecule has 0 fully saturated rings. The second kappa shape index (κ2) is 5.32. The van der Waals surface area contributed by atoms with Crippen molar-refractivity contribution in [2.75, 3.05) is 19.0 Å². The second-order valence-electron chi connectivity index (χ2n) is 4.07. The Kier molecular flexibility index (Phi) is 4.07. The van der Waals surface area contributed by atoms with Crippen LogP contribution in [0.15, 0.2) is 24.3 Å². The van der Waals surface area contributed by atoms with Gasteiger partial charge in [-0.05, 0) is 24.3 Å². The van der Waals surface area contributed by atoms with E-state index >= 15 is 0 Å². The molecule has 1 rings (SSSR count). The van der Waals surface area contributed by atoms with Gasteiger partial charge in [0.05, 0.1) is 6.07 Å². The van der Waals surface area contributed by atoms with Gasteiger partial charge in [-0.2, -0.15) is 5.26 Å². The number of anilines is 1. The molecule has 1 unspecified atom stereocenters. The highest BCUT2D eigenvalue weighted by Gasteiger charge is 2.14. The van der Waals surface area contributed by atoms with Gasteiger partial charge in [0.25, 0.3) is 0 Å². The van der Waals surface area contributed by atoms with Crippen LogP contribution >= 0.6 is 0 Å². The third-order valence-corrected chi connectivity index (χ3v) is 2.51. The molecule has 0 aliphatic heterocycles. The van der Waals surface area contributed by atoms with Crippen molar-refractivity contribution in [1.82, 2.24) is 0 Å². The van der Waals surface area contributed by atoms with Crippen molar-refractivity contribution in [2.45, 2.75) is 13.3 Å². The molecule has 0 amide bonds. The molecule has 1 aromatic rings. The van der Waals surface area contributed by atoms with E-state index in [2.05, 4.69) is 0 Å². The monoisotopic (exact) mass is 216 g/mol. The highest BCUT2D eigenvalue weighted by Crippen LogP contribution is 2.16. The summed E-state index contributed by atoms with van der Waals surface area (Å²) in [5.74, 6) is -0.193. The molecule has 0 spiro atoms. The third-order valence-electron chi connectivity index (χ3n) is 2.51. The lowest BCUT2D eigenvalue weighted by Crippen LogP contribution is -2.12. The molecule has 0 heterocycles. The van der Waals surface area contributed by atoms with E-state index in [1.54, 1.807) is 6.92 Å². The minimum atomic E-state index is -0.227. The zero-order valence-corrected chi connectivity index (χ0v) is 9.90. The smallest absolute Gasteiger partial charge is 0.166 e. The average Bonchev–Trinajstić information content (AvgIpc) is 2.28. The fourth-order valence-electron chi connectivity index (χ4n) is 1.44. The lowest BCUT2D eigenvalue weighted by atomic mass is 9.97. The molecule has 0 bridgehead atoms. The predicted octanol–water partition coefficient (Wildman–Crippen LogP) is 2.49. The normalized spacial score (nSPS) is 11.6. The van der Waals surface area contributed by atoms with E-state index < -0.39 is 0 Å². The minimum absolute atomic E-state index is 0.0341. The van der Waals surface area contributed by atoms with E-state index in [4.69, 9.17) is 5.26 Å². The van der Waals surface area contributed by atoms with Gasteiger partial charge in [-0.25, -0.2) is 0 Å². The number of rotatable bonds is 4. The number of ketones is 1. The number of carbonyl (C=O) groups is 1. The number of Topliss-reactive ketones (excluding diaryl/α,β-unsaturated/α-hetero) is 1. The second-order valence-corrected chi connectivity index (χ2v) is 4.07. The SMILES string of the molecule is CC(CC#N)C(=O)c1ccc(N(C)C)cc1. The van der Waals surface area contributed by atoms with Gasteiger partial charge in [0.15, 0.2) is 5.78 Å². The molecule has 3 nitrogen and oxygen atoms in total. The van der Waals surface area contributed by atoms with Crippen LogP contribution in [-0.4, -0.2) is 19.9 Å². The molecule has 84 valence electrons. The van der Waals surface area contributed by atoms with Crippen LogP contribution in [0.1, 0.15) is 23.7 Å². The minimum Gasteiger partial charge on any atom is -0.378 e. The van der Waals surface area contributed by atoms with Crippen molar-refractivity contribution < 1.29 is 4.79 Å². The first-order chi connectivity index (χ1) is 7.56. The summed E-state index contributed by atoms with van der Waals surface area (Å²) in [5, 5.41) is 8.54. The maximum Gasteiger partial charge on any atom is 0.166 e. The van der Waals surface area contributed by atoms with Gasteiger partial charge in [-0.1, -0.05) is 6.92 Å². The summed E-state index contributed by atoms with van der Waals surface area (Å²) in [6.07, 6.45) is 0.272.